The lowest BCUT2D eigenvalue weighted by Crippen LogP contribution is -2.34. The fourth-order valence-corrected chi connectivity index (χ4v) is 2.30. The smallest absolute Gasteiger partial charge is 0.0954 e. The van der Waals surface area contributed by atoms with Crippen LogP contribution in [-0.2, 0) is 10.3 Å². The quantitative estimate of drug-likeness (QED) is 0.896. The van der Waals surface area contributed by atoms with Crippen molar-refractivity contribution in [3.8, 4) is 0 Å². The summed E-state index contributed by atoms with van der Waals surface area (Å²) in [6, 6.07) is 9.87. The van der Waals surface area contributed by atoms with Crippen molar-refractivity contribution in [2.75, 3.05) is 13.7 Å². The summed E-state index contributed by atoms with van der Waals surface area (Å²) in [5.41, 5.74) is 8.25. The third-order valence-electron chi connectivity index (χ3n) is 3.29. The highest BCUT2D eigenvalue weighted by Gasteiger charge is 2.25. The van der Waals surface area contributed by atoms with E-state index in [1.165, 1.54) is 0 Å². The van der Waals surface area contributed by atoms with E-state index in [0.717, 1.165) is 11.3 Å². The third-order valence-corrected chi connectivity index (χ3v) is 3.29. The Kier molecular flexibility index (Phi) is 4.02. The minimum Gasteiger partial charge on any atom is -0.382 e. The first-order valence-corrected chi connectivity index (χ1v) is 6.38. The molecule has 0 radical (unpaired) electrons. The summed E-state index contributed by atoms with van der Waals surface area (Å²) in [7, 11) is 1.70. The highest BCUT2D eigenvalue weighted by atomic mass is 16.5. The number of imidazole rings is 1. The molecule has 0 amide bonds. The van der Waals surface area contributed by atoms with Crippen LogP contribution in [0, 0.1) is 0 Å². The zero-order chi connectivity index (χ0) is 13.9. The molecular formula is C15H21N3O. The predicted octanol–water partition coefficient (Wildman–Crippen LogP) is 2.31. The SMILES string of the molecule is COCC(C)(C)n1cncc1C(N)c1ccccc1. The molecule has 1 heterocycles. The van der Waals surface area contributed by atoms with Gasteiger partial charge in [0.25, 0.3) is 0 Å². The third kappa shape index (κ3) is 2.85. The summed E-state index contributed by atoms with van der Waals surface area (Å²) in [4.78, 5) is 4.24. The molecule has 0 aliphatic heterocycles. The van der Waals surface area contributed by atoms with Crippen molar-refractivity contribution in [1.82, 2.24) is 9.55 Å². The van der Waals surface area contributed by atoms with Gasteiger partial charge in [0, 0.05) is 7.11 Å². The highest BCUT2D eigenvalue weighted by Crippen LogP contribution is 2.25. The lowest BCUT2D eigenvalue weighted by Gasteiger charge is -2.29. The molecule has 102 valence electrons. The monoisotopic (exact) mass is 259 g/mol. The molecule has 0 saturated carbocycles. The van der Waals surface area contributed by atoms with E-state index in [9.17, 15) is 0 Å². The summed E-state index contributed by atoms with van der Waals surface area (Å²) in [5.74, 6) is 0. The van der Waals surface area contributed by atoms with Crippen LogP contribution in [0.2, 0.25) is 0 Å². The minimum absolute atomic E-state index is 0.174. The summed E-state index contributed by atoms with van der Waals surface area (Å²) in [5, 5.41) is 0. The van der Waals surface area contributed by atoms with Gasteiger partial charge in [0.05, 0.1) is 36.4 Å². The van der Waals surface area contributed by atoms with Gasteiger partial charge < -0.3 is 15.0 Å². The molecule has 2 N–H and O–H groups in total. The zero-order valence-electron chi connectivity index (χ0n) is 11.7. The van der Waals surface area contributed by atoms with Gasteiger partial charge in [-0.15, -0.1) is 0 Å². The van der Waals surface area contributed by atoms with Crippen molar-refractivity contribution in [2.24, 2.45) is 5.73 Å². The standard InChI is InChI=1S/C15H21N3O/c1-15(2,10-19-3)18-11-17-9-13(18)14(16)12-7-5-4-6-8-12/h4-9,11,14H,10,16H2,1-3H3. The maximum absolute atomic E-state index is 6.35. The van der Waals surface area contributed by atoms with Gasteiger partial charge in [0.15, 0.2) is 0 Å². The Balaban J connectivity index is 2.34. The van der Waals surface area contributed by atoms with Crippen molar-refractivity contribution in [3.63, 3.8) is 0 Å². The molecule has 0 fully saturated rings. The van der Waals surface area contributed by atoms with Crippen LogP contribution in [0.3, 0.4) is 0 Å². The lowest BCUT2D eigenvalue weighted by molar-refractivity contribution is 0.107. The van der Waals surface area contributed by atoms with E-state index in [-0.39, 0.29) is 11.6 Å². The molecule has 1 aromatic heterocycles. The Morgan fingerprint density at radius 2 is 2.00 bits per heavy atom. The predicted molar refractivity (Wildman–Crippen MR) is 75.9 cm³/mol. The van der Waals surface area contributed by atoms with Gasteiger partial charge in [-0.1, -0.05) is 30.3 Å². The number of ether oxygens (including phenoxy) is 1. The van der Waals surface area contributed by atoms with Crippen molar-refractivity contribution in [2.45, 2.75) is 25.4 Å². The largest absolute Gasteiger partial charge is 0.382 e. The van der Waals surface area contributed by atoms with E-state index in [2.05, 4.69) is 23.4 Å². The molecule has 19 heavy (non-hydrogen) atoms. The highest BCUT2D eigenvalue weighted by molar-refractivity contribution is 5.27. The second-order valence-electron chi connectivity index (χ2n) is 5.32. The summed E-state index contributed by atoms with van der Waals surface area (Å²) >= 11 is 0. The normalized spacial score (nSPS) is 13.5. The molecule has 4 heteroatoms. The molecule has 2 aromatic rings. The molecule has 0 spiro atoms. The number of methoxy groups -OCH3 is 1. The second-order valence-corrected chi connectivity index (χ2v) is 5.32. The molecule has 0 aliphatic rings. The molecule has 0 saturated heterocycles. The second kappa shape index (κ2) is 5.55. The van der Waals surface area contributed by atoms with Crippen LogP contribution in [0.25, 0.3) is 0 Å². The molecular weight excluding hydrogens is 238 g/mol. The van der Waals surface area contributed by atoms with E-state index in [0.29, 0.717) is 6.61 Å². The Bertz CT molecular complexity index is 519. The molecule has 1 aromatic carbocycles. The van der Waals surface area contributed by atoms with Crippen LogP contribution in [0.5, 0.6) is 0 Å². The molecule has 1 atom stereocenters. The number of rotatable bonds is 5. The van der Waals surface area contributed by atoms with E-state index >= 15 is 0 Å². The minimum atomic E-state index is -0.181. The number of benzene rings is 1. The Labute approximate surface area is 114 Å². The Hall–Kier alpha value is -1.65. The van der Waals surface area contributed by atoms with Crippen molar-refractivity contribution >= 4 is 0 Å². The first-order valence-electron chi connectivity index (χ1n) is 6.38. The average molecular weight is 259 g/mol. The van der Waals surface area contributed by atoms with Gasteiger partial charge in [-0.2, -0.15) is 0 Å². The van der Waals surface area contributed by atoms with Crippen LogP contribution in [0.1, 0.15) is 31.1 Å². The van der Waals surface area contributed by atoms with Gasteiger partial charge in [0.1, 0.15) is 0 Å². The van der Waals surface area contributed by atoms with Crippen molar-refractivity contribution < 1.29 is 4.74 Å². The number of hydrogen-bond acceptors (Lipinski definition) is 3. The van der Waals surface area contributed by atoms with Gasteiger partial charge in [-0.25, -0.2) is 4.98 Å². The van der Waals surface area contributed by atoms with Crippen molar-refractivity contribution in [1.29, 1.82) is 0 Å². The fraction of sp³-hybridized carbons (Fsp3) is 0.400. The van der Waals surface area contributed by atoms with Crippen LogP contribution in [-0.4, -0.2) is 23.3 Å². The summed E-state index contributed by atoms with van der Waals surface area (Å²) in [6.07, 6.45) is 3.65. The topological polar surface area (TPSA) is 53.1 Å². The van der Waals surface area contributed by atoms with E-state index < -0.39 is 0 Å². The first-order chi connectivity index (χ1) is 9.06. The van der Waals surface area contributed by atoms with E-state index in [1.54, 1.807) is 7.11 Å². The van der Waals surface area contributed by atoms with Crippen LogP contribution in [0.4, 0.5) is 0 Å². The number of nitrogens with two attached hydrogens (primary N) is 1. The molecule has 0 aliphatic carbocycles. The van der Waals surface area contributed by atoms with Crippen molar-refractivity contribution in [3.05, 3.63) is 54.1 Å². The molecule has 0 bridgehead atoms. The number of hydrogen-bond donors (Lipinski definition) is 1. The Morgan fingerprint density at radius 1 is 1.32 bits per heavy atom. The summed E-state index contributed by atoms with van der Waals surface area (Å²) < 4.78 is 7.37. The zero-order valence-corrected chi connectivity index (χ0v) is 11.7. The molecule has 2 rings (SSSR count). The number of aromatic nitrogens is 2. The van der Waals surface area contributed by atoms with Crippen LogP contribution >= 0.6 is 0 Å². The Morgan fingerprint density at radius 3 is 2.63 bits per heavy atom. The maximum atomic E-state index is 6.35. The van der Waals surface area contributed by atoms with Gasteiger partial charge in [-0.3, -0.25) is 0 Å². The van der Waals surface area contributed by atoms with Gasteiger partial charge >= 0.3 is 0 Å². The van der Waals surface area contributed by atoms with E-state index in [1.807, 2.05) is 42.9 Å². The van der Waals surface area contributed by atoms with Crippen LogP contribution < -0.4 is 5.73 Å². The fourth-order valence-electron chi connectivity index (χ4n) is 2.30. The molecule has 1 unspecified atom stereocenters. The van der Waals surface area contributed by atoms with Crippen LogP contribution in [0.15, 0.2) is 42.9 Å². The van der Waals surface area contributed by atoms with E-state index in [4.69, 9.17) is 10.5 Å². The first kappa shape index (κ1) is 13.8. The molecule has 4 nitrogen and oxygen atoms in total. The maximum Gasteiger partial charge on any atom is 0.0954 e. The van der Waals surface area contributed by atoms with Gasteiger partial charge in [-0.05, 0) is 19.4 Å². The van der Waals surface area contributed by atoms with Gasteiger partial charge in [0.2, 0.25) is 0 Å². The number of nitrogens with zero attached hydrogens (tertiary/aromatic N) is 2. The average Bonchev–Trinajstić information content (AvgIpc) is 2.89. The lowest BCUT2D eigenvalue weighted by atomic mass is 10.0. The summed E-state index contributed by atoms with van der Waals surface area (Å²) in [6.45, 7) is 4.83.